The summed E-state index contributed by atoms with van der Waals surface area (Å²) in [6, 6.07) is 56.7. The van der Waals surface area contributed by atoms with E-state index in [1.807, 2.05) is 48.5 Å². The average molecular weight is 662 g/mol. The van der Waals surface area contributed by atoms with E-state index in [1.54, 1.807) is 11.8 Å². The van der Waals surface area contributed by atoms with Gasteiger partial charge in [0.25, 0.3) is 0 Å². The van der Waals surface area contributed by atoms with Crippen LogP contribution in [0.2, 0.25) is 0 Å². The Balaban J connectivity index is 1.17. The van der Waals surface area contributed by atoms with Crippen LogP contribution in [0.4, 0.5) is 17.1 Å². The lowest BCUT2D eigenvalue weighted by Gasteiger charge is -2.34. The van der Waals surface area contributed by atoms with Gasteiger partial charge < -0.3 is 13.7 Å². The third-order valence-corrected chi connectivity index (χ3v) is 10.2. The number of para-hydroxylation sites is 4. The molecule has 9 aromatic rings. The van der Waals surface area contributed by atoms with Crippen molar-refractivity contribution in [2.45, 2.75) is 9.79 Å². The van der Waals surface area contributed by atoms with Crippen molar-refractivity contribution in [2.75, 3.05) is 4.90 Å². The summed E-state index contributed by atoms with van der Waals surface area (Å²) >= 11 is 1.73. The fourth-order valence-corrected chi connectivity index (χ4v) is 7.82. The topological polar surface area (TPSA) is 55.3 Å². The second-order valence-corrected chi connectivity index (χ2v) is 13.4. The first-order valence-electron chi connectivity index (χ1n) is 16.5. The van der Waals surface area contributed by atoms with Crippen LogP contribution in [-0.4, -0.2) is 9.97 Å². The highest BCUT2D eigenvalue weighted by molar-refractivity contribution is 7.99. The van der Waals surface area contributed by atoms with Crippen LogP contribution in [0.1, 0.15) is 0 Å². The van der Waals surface area contributed by atoms with Gasteiger partial charge in [-0.1, -0.05) is 96.7 Å². The molecule has 0 atom stereocenters. The minimum absolute atomic E-state index is 0.601. The highest BCUT2D eigenvalue weighted by atomic mass is 32.2. The van der Waals surface area contributed by atoms with Gasteiger partial charge in [-0.25, -0.2) is 9.97 Å². The van der Waals surface area contributed by atoms with Gasteiger partial charge in [0.05, 0.1) is 11.4 Å². The summed E-state index contributed by atoms with van der Waals surface area (Å²) in [5.41, 5.74) is 12.9. The first-order chi connectivity index (χ1) is 24.7. The van der Waals surface area contributed by atoms with Gasteiger partial charge in [-0.05, 0) is 101 Å². The summed E-state index contributed by atoms with van der Waals surface area (Å²) < 4.78 is 12.4. The number of aromatic nitrogens is 2. The molecule has 0 N–H and O–H groups in total. The van der Waals surface area contributed by atoms with Crippen molar-refractivity contribution in [3.8, 4) is 45.2 Å². The monoisotopic (exact) mass is 661 g/mol. The van der Waals surface area contributed by atoms with E-state index in [-0.39, 0.29) is 0 Å². The molecular weight excluding hydrogens is 635 g/mol. The molecule has 0 unspecified atom stereocenters. The number of nitrogens with zero attached hydrogens (tertiary/aromatic N) is 3. The first-order valence-corrected chi connectivity index (χ1v) is 17.3. The van der Waals surface area contributed by atoms with Gasteiger partial charge in [-0.3, -0.25) is 0 Å². The molecule has 0 radical (unpaired) electrons. The summed E-state index contributed by atoms with van der Waals surface area (Å²) in [4.78, 5) is 14.2. The van der Waals surface area contributed by atoms with Gasteiger partial charge in [0.15, 0.2) is 11.2 Å². The number of benzene rings is 7. The maximum Gasteiger partial charge on any atom is 0.227 e. The zero-order valence-corrected chi connectivity index (χ0v) is 27.5. The van der Waals surface area contributed by atoms with Crippen LogP contribution in [0.3, 0.4) is 0 Å². The molecule has 0 spiro atoms. The Morgan fingerprint density at radius 1 is 0.400 bits per heavy atom. The fraction of sp³-hybridized carbons (Fsp3) is 0. The van der Waals surface area contributed by atoms with E-state index in [4.69, 9.17) is 18.8 Å². The Hall–Kier alpha value is -6.37. The van der Waals surface area contributed by atoms with Crippen molar-refractivity contribution in [3.63, 3.8) is 0 Å². The Bertz CT molecular complexity index is 2450. The SMILES string of the molecule is c1ccc(-c2cc(-c3ccccc3)cc(N3c4ccc(-c5nc6ccccc6o5)cc4Sc4cc(-c5nc6ccccc6o5)ccc43)c2)cc1. The van der Waals surface area contributed by atoms with Gasteiger partial charge in [0, 0.05) is 26.6 Å². The summed E-state index contributed by atoms with van der Waals surface area (Å²) in [7, 11) is 0. The lowest BCUT2D eigenvalue weighted by atomic mass is 9.97. The highest BCUT2D eigenvalue weighted by Crippen LogP contribution is 2.54. The Labute approximate surface area is 292 Å². The molecule has 0 saturated heterocycles. The van der Waals surface area contributed by atoms with E-state index in [0.29, 0.717) is 11.8 Å². The van der Waals surface area contributed by atoms with Gasteiger partial charge in [-0.15, -0.1) is 0 Å². The van der Waals surface area contributed by atoms with Crippen LogP contribution >= 0.6 is 11.8 Å². The maximum atomic E-state index is 6.21. The zero-order valence-electron chi connectivity index (χ0n) is 26.7. The standard InChI is InChI=1S/C44H27N3O2S/c1-3-11-28(12-4-1)32-23-33(29-13-5-2-6-14-29)25-34(24-32)47-37-21-19-30(43-45-35-15-7-9-17-39(35)48-43)26-41(37)50-42-27-31(20-22-38(42)47)44-46-36-16-8-10-18-40(36)49-44/h1-27H. The largest absolute Gasteiger partial charge is 0.436 e. The second kappa shape index (κ2) is 11.7. The number of hydrogen-bond acceptors (Lipinski definition) is 6. The molecule has 0 bridgehead atoms. The van der Waals surface area contributed by atoms with E-state index in [0.717, 1.165) is 82.4 Å². The zero-order chi connectivity index (χ0) is 33.0. The summed E-state index contributed by atoms with van der Waals surface area (Å²) in [5.74, 6) is 1.20. The molecule has 5 nitrogen and oxygen atoms in total. The van der Waals surface area contributed by atoms with Crippen molar-refractivity contribution < 1.29 is 8.83 Å². The summed E-state index contributed by atoms with van der Waals surface area (Å²) in [6.45, 7) is 0. The number of hydrogen-bond donors (Lipinski definition) is 0. The number of rotatable bonds is 5. The molecule has 236 valence electrons. The predicted octanol–water partition coefficient (Wildman–Crippen LogP) is 12.6. The summed E-state index contributed by atoms with van der Waals surface area (Å²) in [5, 5.41) is 0. The minimum atomic E-state index is 0.601. The number of anilines is 3. The maximum absolute atomic E-state index is 6.21. The second-order valence-electron chi connectivity index (χ2n) is 12.3. The van der Waals surface area contributed by atoms with Gasteiger partial charge in [0.1, 0.15) is 11.0 Å². The van der Waals surface area contributed by atoms with E-state index >= 15 is 0 Å². The molecule has 0 aliphatic carbocycles. The summed E-state index contributed by atoms with van der Waals surface area (Å²) in [6.07, 6.45) is 0. The van der Waals surface area contributed by atoms with Crippen LogP contribution in [0.25, 0.3) is 67.4 Å². The van der Waals surface area contributed by atoms with Crippen LogP contribution in [-0.2, 0) is 0 Å². The van der Waals surface area contributed by atoms with Gasteiger partial charge >= 0.3 is 0 Å². The Morgan fingerprint density at radius 3 is 1.34 bits per heavy atom. The number of oxazole rings is 2. The van der Waals surface area contributed by atoms with Crippen molar-refractivity contribution >= 4 is 51.0 Å². The van der Waals surface area contributed by atoms with Crippen molar-refractivity contribution in [1.82, 2.24) is 9.97 Å². The quantitative estimate of drug-likeness (QED) is 0.183. The third kappa shape index (κ3) is 4.97. The Morgan fingerprint density at radius 2 is 0.860 bits per heavy atom. The van der Waals surface area contributed by atoms with E-state index in [1.165, 1.54) is 0 Å². The minimum Gasteiger partial charge on any atom is -0.436 e. The van der Waals surface area contributed by atoms with Crippen molar-refractivity contribution in [1.29, 1.82) is 0 Å². The molecule has 6 heteroatoms. The van der Waals surface area contributed by atoms with E-state index < -0.39 is 0 Å². The molecule has 10 rings (SSSR count). The molecule has 0 saturated carbocycles. The third-order valence-electron chi connectivity index (χ3n) is 9.09. The first kappa shape index (κ1) is 28.6. The molecule has 0 amide bonds. The van der Waals surface area contributed by atoms with Crippen LogP contribution in [0.5, 0.6) is 0 Å². The van der Waals surface area contributed by atoms with E-state index in [2.05, 4.69) is 120 Å². The van der Waals surface area contributed by atoms with Gasteiger partial charge in [-0.2, -0.15) is 0 Å². The Kier molecular flexibility index (Phi) is 6.67. The van der Waals surface area contributed by atoms with Gasteiger partial charge in [0.2, 0.25) is 11.8 Å². The molecule has 3 heterocycles. The van der Waals surface area contributed by atoms with Crippen molar-refractivity contribution in [3.05, 3.63) is 164 Å². The molecule has 1 aliphatic heterocycles. The van der Waals surface area contributed by atoms with Crippen LogP contribution in [0, 0.1) is 0 Å². The van der Waals surface area contributed by atoms with Crippen LogP contribution < -0.4 is 4.90 Å². The lowest BCUT2D eigenvalue weighted by Crippen LogP contribution is -2.15. The lowest BCUT2D eigenvalue weighted by molar-refractivity contribution is 0.619. The molecule has 1 aliphatic rings. The normalized spacial score (nSPS) is 12.3. The van der Waals surface area contributed by atoms with Crippen LogP contribution in [0.15, 0.2) is 182 Å². The smallest absolute Gasteiger partial charge is 0.227 e. The number of fused-ring (bicyclic) bond motifs is 4. The average Bonchev–Trinajstić information content (AvgIpc) is 3.82. The van der Waals surface area contributed by atoms with Crippen molar-refractivity contribution in [2.24, 2.45) is 0 Å². The molecule has 50 heavy (non-hydrogen) atoms. The predicted molar refractivity (Wildman–Crippen MR) is 202 cm³/mol. The molecule has 0 fully saturated rings. The highest BCUT2D eigenvalue weighted by Gasteiger charge is 2.28. The molecule has 2 aromatic heterocycles. The molecule has 7 aromatic carbocycles. The van der Waals surface area contributed by atoms with E-state index in [9.17, 15) is 0 Å². The molecular formula is C44H27N3O2S. The fourth-order valence-electron chi connectivity index (χ4n) is 6.68.